The Morgan fingerprint density at radius 1 is 1.00 bits per heavy atom. The van der Waals surface area contributed by atoms with Gasteiger partial charge in [-0.25, -0.2) is 9.29 Å². The van der Waals surface area contributed by atoms with Gasteiger partial charge in [-0.3, -0.25) is 14.4 Å². The average molecular weight is 446 g/mol. The maximum Gasteiger partial charge on any atom is 0.257 e. The van der Waals surface area contributed by atoms with E-state index in [1.807, 2.05) is 30.3 Å². The normalized spacial score (nSPS) is 15.6. The van der Waals surface area contributed by atoms with E-state index in [1.54, 1.807) is 30.3 Å². The molecule has 6 nitrogen and oxygen atoms in total. The number of imide groups is 1. The van der Waals surface area contributed by atoms with Gasteiger partial charge < -0.3 is 9.64 Å². The number of carbonyl (C=O) groups excluding carboxylic acids is 3. The van der Waals surface area contributed by atoms with E-state index in [0.29, 0.717) is 17.9 Å². The van der Waals surface area contributed by atoms with Crippen molar-refractivity contribution in [1.29, 1.82) is 0 Å². The molecule has 1 aliphatic heterocycles. The van der Waals surface area contributed by atoms with Gasteiger partial charge in [-0.05, 0) is 48.4 Å². The molecule has 1 fully saturated rings. The highest BCUT2D eigenvalue weighted by atomic mass is 19.1. The Kier molecular flexibility index (Phi) is 6.49. The zero-order valence-corrected chi connectivity index (χ0v) is 18.1. The van der Waals surface area contributed by atoms with Crippen molar-refractivity contribution in [3.63, 3.8) is 0 Å². The molecule has 1 atom stereocenters. The first-order valence-electron chi connectivity index (χ1n) is 10.6. The molecule has 1 unspecified atom stereocenters. The molecule has 0 radical (unpaired) electrons. The van der Waals surface area contributed by atoms with Crippen molar-refractivity contribution in [1.82, 2.24) is 4.90 Å². The molecule has 7 heteroatoms. The summed E-state index contributed by atoms with van der Waals surface area (Å²) in [7, 11) is 1.52. The second kappa shape index (κ2) is 9.65. The predicted molar refractivity (Wildman–Crippen MR) is 121 cm³/mol. The largest absolute Gasteiger partial charge is 0.497 e. The van der Waals surface area contributed by atoms with Gasteiger partial charge >= 0.3 is 0 Å². The molecule has 3 amide bonds. The zero-order chi connectivity index (χ0) is 23.4. The molecule has 168 valence electrons. The summed E-state index contributed by atoms with van der Waals surface area (Å²) in [5.74, 6) is -1.62. The number of ether oxygens (including phenoxy) is 1. The third kappa shape index (κ3) is 4.62. The van der Waals surface area contributed by atoms with Crippen LogP contribution in [-0.2, 0) is 16.0 Å². The highest BCUT2D eigenvalue weighted by molar-refractivity contribution is 6.23. The van der Waals surface area contributed by atoms with E-state index in [4.69, 9.17) is 4.74 Å². The van der Waals surface area contributed by atoms with Crippen LogP contribution in [0, 0.1) is 5.82 Å². The van der Waals surface area contributed by atoms with Crippen molar-refractivity contribution < 1.29 is 23.5 Å². The highest BCUT2D eigenvalue weighted by Gasteiger charge is 2.44. The quantitative estimate of drug-likeness (QED) is 0.517. The van der Waals surface area contributed by atoms with Crippen LogP contribution in [-0.4, -0.2) is 42.3 Å². The maximum absolute atomic E-state index is 14.4. The lowest BCUT2D eigenvalue weighted by atomic mass is 10.1. The Morgan fingerprint density at radius 2 is 1.67 bits per heavy atom. The van der Waals surface area contributed by atoms with Crippen LogP contribution in [0.2, 0.25) is 0 Å². The van der Waals surface area contributed by atoms with Gasteiger partial charge in [0.1, 0.15) is 17.6 Å². The second-order valence-corrected chi connectivity index (χ2v) is 7.70. The number of nitrogens with zero attached hydrogens (tertiary/aromatic N) is 2. The van der Waals surface area contributed by atoms with Gasteiger partial charge in [-0.2, -0.15) is 0 Å². The molecule has 1 saturated heterocycles. The van der Waals surface area contributed by atoms with Crippen LogP contribution >= 0.6 is 0 Å². The van der Waals surface area contributed by atoms with E-state index >= 15 is 0 Å². The lowest BCUT2D eigenvalue weighted by Gasteiger charge is -2.28. The van der Waals surface area contributed by atoms with E-state index in [0.717, 1.165) is 10.5 Å². The van der Waals surface area contributed by atoms with E-state index < -0.39 is 29.6 Å². The van der Waals surface area contributed by atoms with E-state index in [2.05, 4.69) is 0 Å². The van der Waals surface area contributed by atoms with Crippen molar-refractivity contribution in [3.8, 4) is 5.75 Å². The van der Waals surface area contributed by atoms with Crippen LogP contribution in [0.4, 0.5) is 10.1 Å². The minimum Gasteiger partial charge on any atom is -0.497 e. The van der Waals surface area contributed by atoms with E-state index in [1.165, 1.54) is 30.2 Å². The number of benzene rings is 3. The van der Waals surface area contributed by atoms with Gasteiger partial charge in [0, 0.05) is 6.54 Å². The number of hydrogen-bond donors (Lipinski definition) is 0. The van der Waals surface area contributed by atoms with Crippen LogP contribution in [0.3, 0.4) is 0 Å². The summed E-state index contributed by atoms with van der Waals surface area (Å²) in [6, 6.07) is 20.6. The minimum atomic E-state index is -1.02. The number of anilines is 1. The van der Waals surface area contributed by atoms with Crippen molar-refractivity contribution in [3.05, 3.63) is 95.8 Å². The van der Waals surface area contributed by atoms with Gasteiger partial charge in [0.2, 0.25) is 5.91 Å². The van der Waals surface area contributed by atoms with Crippen LogP contribution in [0.5, 0.6) is 5.75 Å². The van der Waals surface area contributed by atoms with Crippen molar-refractivity contribution in [2.75, 3.05) is 18.6 Å². The Bertz CT molecular complexity index is 1160. The molecule has 0 aromatic heterocycles. The fourth-order valence-electron chi connectivity index (χ4n) is 3.94. The summed E-state index contributed by atoms with van der Waals surface area (Å²) in [6.07, 6.45) is 0.293. The fourth-order valence-corrected chi connectivity index (χ4v) is 3.94. The Morgan fingerprint density at radius 3 is 2.33 bits per heavy atom. The standard InChI is InChI=1S/C26H23FN2O4/c1-33-20-13-11-19(12-14-20)29-24(30)17-23(26(29)32)28(16-15-18-7-3-2-4-8-18)25(31)21-9-5-6-10-22(21)27/h2-14,23H,15-17H2,1H3. The third-order valence-corrected chi connectivity index (χ3v) is 5.68. The van der Waals surface area contributed by atoms with Crippen LogP contribution in [0.15, 0.2) is 78.9 Å². The molecule has 1 heterocycles. The molecule has 1 aliphatic rings. The van der Waals surface area contributed by atoms with Crippen molar-refractivity contribution in [2.45, 2.75) is 18.9 Å². The number of hydrogen-bond acceptors (Lipinski definition) is 4. The summed E-state index contributed by atoms with van der Waals surface area (Å²) in [4.78, 5) is 41.9. The molecule has 0 bridgehead atoms. The molecular weight excluding hydrogens is 423 g/mol. The number of methoxy groups -OCH3 is 1. The summed E-state index contributed by atoms with van der Waals surface area (Å²) in [6.45, 7) is 0.164. The molecular formula is C26H23FN2O4. The monoisotopic (exact) mass is 446 g/mol. The summed E-state index contributed by atoms with van der Waals surface area (Å²) in [5.41, 5.74) is 1.23. The minimum absolute atomic E-state index is 0.131. The summed E-state index contributed by atoms with van der Waals surface area (Å²) in [5, 5.41) is 0. The smallest absolute Gasteiger partial charge is 0.257 e. The molecule has 0 saturated carbocycles. The zero-order valence-electron chi connectivity index (χ0n) is 18.1. The average Bonchev–Trinajstić information content (AvgIpc) is 3.13. The van der Waals surface area contributed by atoms with E-state index in [-0.39, 0.29) is 18.5 Å². The molecule has 0 aliphatic carbocycles. The van der Waals surface area contributed by atoms with Gasteiger partial charge in [0.25, 0.3) is 11.8 Å². The second-order valence-electron chi connectivity index (χ2n) is 7.70. The van der Waals surface area contributed by atoms with Gasteiger partial charge in [0.15, 0.2) is 0 Å². The topological polar surface area (TPSA) is 66.9 Å². The predicted octanol–water partition coefficient (Wildman–Crippen LogP) is 3.85. The first-order chi connectivity index (χ1) is 16.0. The SMILES string of the molecule is COc1ccc(N2C(=O)CC(N(CCc3ccccc3)C(=O)c3ccccc3F)C2=O)cc1. The van der Waals surface area contributed by atoms with Crippen LogP contribution < -0.4 is 9.64 Å². The molecule has 4 rings (SSSR count). The lowest BCUT2D eigenvalue weighted by molar-refractivity contribution is -0.122. The summed E-state index contributed by atoms with van der Waals surface area (Å²) < 4.78 is 19.5. The Labute approximate surface area is 191 Å². The fraction of sp³-hybridized carbons (Fsp3) is 0.192. The van der Waals surface area contributed by atoms with Crippen molar-refractivity contribution >= 4 is 23.4 Å². The van der Waals surface area contributed by atoms with Crippen molar-refractivity contribution in [2.24, 2.45) is 0 Å². The van der Waals surface area contributed by atoms with E-state index in [9.17, 15) is 18.8 Å². The number of halogens is 1. The molecule has 33 heavy (non-hydrogen) atoms. The van der Waals surface area contributed by atoms with Crippen LogP contribution in [0.1, 0.15) is 22.3 Å². The molecule has 0 N–H and O–H groups in total. The van der Waals surface area contributed by atoms with Gasteiger partial charge in [-0.1, -0.05) is 42.5 Å². The number of carbonyl (C=O) groups is 3. The first kappa shape index (κ1) is 22.2. The van der Waals surface area contributed by atoms with Gasteiger partial charge in [-0.15, -0.1) is 0 Å². The summed E-state index contributed by atoms with van der Waals surface area (Å²) >= 11 is 0. The molecule has 0 spiro atoms. The first-order valence-corrected chi connectivity index (χ1v) is 10.6. The van der Waals surface area contributed by atoms with Crippen LogP contribution in [0.25, 0.3) is 0 Å². The molecule has 3 aromatic carbocycles. The Balaban J connectivity index is 1.64. The number of amides is 3. The number of rotatable bonds is 7. The lowest BCUT2D eigenvalue weighted by Crippen LogP contribution is -2.46. The van der Waals surface area contributed by atoms with Gasteiger partial charge in [0.05, 0.1) is 24.8 Å². The highest BCUT2D eigenvalue weighted by Crippen LogP contribution is 2.28. The molecule has 3 aromatic rings. The third-order valence-electron chi connectivity index (χ3n) is 5.68. The Hall–Kier alpha value is -4.00. The maximum atomic E-state index is 14.4.